The minimum atomic E-state index is 0.538. The van der Waals surface area contributed by atoms with Crippen molar-refractivity contribution in [1.82, 2.24) is 10.3 Å². The van der Waals surface area contributed by atoms with Gasteiger partial charge in [-0.25, -0.2) is 9.98 Å². The maximum absolute atomic E-state index is 6.11. The van der Waals surface area contributed by atoms with E-state index >= 15 is 0 Å². The zero-order valence-electron chi connectivity index (χ0n) is 17.1. The van der Waals surface area contributed by atoms with Crippen LogP contribution in [0.5, 0.6) is 11.5 Å². The van der Waals surface area contributed by atoms with E-state index in [0.717, 1.165) is 27.1 Å². The summed E-state index contributed by atoms with van der Waals surface area (Å²) in [5, 5.41) is 3.24. The molecule has 0 bridgehead atoms. The molecule has 148 valence electrons. The largest absolute Gasteiger partial charge is 0.453 e. The number of hydrogen-bond donors (Lipinski definition) is 1. The summed E-state index contributed by atoms with van der Waals surface area (Å²) in [6, 6.07) is 20.1. The molecule has 3 rings (SSSR count). The molecule has 0 aliphatic rings. The van der Waals surface area contributed by atoms with Crippen LogP contribution in [0.1, 0.15) is 26.3 Å². The van der Waals surface area contributed by atoms with E-state index in [0.29, 0.717) is 11.6 Å². The molecule has 0 saturated heterocycles. The van der Waals surface area contributed by atoms with Crippen molar-refractivity contribution < 1.29 is 4.74 Å². The summed E-state index contributed by atoms with van der Waals surface area (Å²) >= 11 is 1.65. The Morgan fingerprint density at radius 2 is 1.76 bits per heavy atom. The fraction of sp³-hybridized carbons (Fsp3) is 0.167. The van der Waals surface area contributed by atoms with Crippen molar-refractivity contribution in [3.63, 3.8) is 0 Å². The molecule has 3 aromatic rings. The number of benzene rings is 2. The number of rotatable bonds is 6. The summed E-state index contributed by atoms with van der Waals surface area (Å²) in [6.07, 6.45) is 3.83. The Labute approximate surface area is 176 Å². The van der Waals surface area contributed by atoms with Crippen LogP contribution in [0.4, 0.5) is 5.82 Å². The Kier molecular flexibility index (Phi) is 7.09. The van der Waals surface area contributed by atoms with Gasteiger partial charge in [0.15, 0.2) is 11.6 Å². The summed E-state index contributed by atoms with van der Waals surface area (Å²) in [5.74, 6) is 2.66. The molecule has 1 heterocycles. The van der Waals surface area contributed by atoms with Gasteiger partial charge in [-0.05, 0) is 52.0 Å². The molecule has 0 aliphatic heterocycles. The van der Waals surface area contributed by atoms with E-state index in [1.807, 2.05) is 69.4 Å². The second-order valence-electron chi connectivity index (χ2n) is 6.62. The molecule has 0 saturated carbocycles. The van der Waals surface area contributed by atoms with Crippen LogP contribution in [0.3, 0.4) is 0 Å². The highest BCUT2D eigenvalue weighted by Gasteiger charge is 2.10. The highest BCUT2D eigenvalue weighted by atomic mass is 32.2. The third kappa shape index (κ3) is 6.22. The molecular formula is C24H25N3OS. The fourth-order valence-corrected chi connectivity index (χ4v) is 3.35. The zero-order valence-corrected chi connectivity index (χ0v) is 18.0. The normalized spacial score (nSPS) is 12.0. The molecule has 4 nitrogen and oxygen atoms in total. The van der Waals surface area contributed by atoms with E-state index < -0.39 is 0 Å². The first kappa shape index (κ1) is 20.7. The average Bonchev–Trinajstić information content (AvgIpc) is 2.72. The zero-order chi connectivity index (χ0) is 20.6. The molecule has 0 amide bonds. The highest BCUT2D eigenvalue weighted by Crippen LogP contribution is 2.36. The number of hydrogen-bond acceptors (Lipinski definition) is 4. The molecule has 0 fully saturated rings. The second-order valence-corrected chi connectivity index (χ2v) is 7.76. The van der Waals surface area contributed by atoms with Gasteiger partial charge in [0, 0.05) is 27.8 Å². The quantitative estimate of drug-likeness (QED) is 0.359. The van der Waals surface area contributed by atoms with Crippen molar-refractivity contribution in [1.29, 1.82) is 0 Å². The Morgan fingerprint density at radius 3 is 2.45 bits per heavy atom. The number of nitrogens with one attached hydrogen (secondary N) is 1. The highest BCUT2D eigenvalue weighted by molar-refractivity contribution is 7.99. The number of amidine groups is 1. The topological polar surface area (TPSA) is 46.5 Å². The van der Waals surface area contributed by atoms with Crippen LogP contribution in [0, 0.1) is 6.92 Å². The molecule has 0 spiro atoms. The van der Waals surface area contributed by atoms with Crippen molar-refractivity contribution in [2.45, 2.75) is 37.5 Å². The molecular weight excluding hydrogens is 378 g/mol. The number of pyridine rings is 1. The third-order valence-corrected chi connectivity index (χ3v) is 5.09. The van der Waals surface area contributed by atoms with Gasteiger partial charge in [0.25, 0.3) is 0 Å². The second kappa shape index (κ2) is 9.94. The van der Waals surface area contributed by atoms with Crippen LogP contribution in [0.25, 0.3) is 0 Å². The van der Waals surface area contributed by atoms with Gasteiger partial charge < -0.3 is 10.1 Å². The summed E-state index contributed by atoms with van der Waals surface area (Å²) in [4.78, 5) is 11.3. The molecule has 0 radical (unpaired) electrons. The molecule has 0 unspecified atom stereocenters. The lowest BCUT2D eigenvalue weighted by Crippen LogP contribution is -2.17. The summed E-state index contributed by atoms with van der Waals surface area (Å²) in [6.45, 7) is 7.97. The van der Waals surface area contributed by atoms with Crippen LogP contribution in [0.2, 0.25) is 0 Å². The van der Waals surface area contributed by atoms with Gasteiger partial charge in [-0.3, -0.25) is 0 Å². The first-order valence-corrected chi connectivity index (χ1v) is 10.3. The number of nitrogens with zero attached hydrogens (tertiary/aromatic N) is 2. The van der Waals surface area contributed by atoms with Crippen molar-refractivity contribution in [3.8, 4) is 11.5 Å². The van der Waals surface area contributed by atoms with E-state index in [2.05, 4.69) is 46.5 Å². The number of allylic oxidation sites excluding steroid dienone is 2. The predicted octanol–water partition coefficient (Wildman–Crippen LogP) is 6.90. The van der Waals surface area contributed by atoms with Gasteiger partial charge in [-0.15, -0.1) is 0 Å². The van der Waals surface area contributed by atoms with Crippen LogP contribution < -0.4 is 10.1 Å². The number of ether oxygens (including phenoxy) is 1. The number of aryl methyl sites for hydroxylation is 1. The van der Waals surface area contributed by atoms with Crippen molar-refractivity contribution in [2.24, 2.45) is 4.99 Å². The van der Waals surface area contributed by atoms with Crippen molar-refractivity contribution in [3.05, 3.63) is 84.2 Å². The van der Waals surface area contributed by atoms with Gasteiger partial charge >= 0.3 is 0 Å². The molecule has 2 aromatic carbocycles. The molecule has 0 atom stereocenters. The Balaban J connectivity index is 1.92. The van der Waals surface area contributed by atoms with Gasteiger partial charge in [0.2, 0.25) is 0 Å². The van der Waals surface area contributed by atoms with Gasteiger partial charge in [-0.2, -0.15) is 0 Å². The number of aromatic nitrogens is 1. The number of aliphatic imine (C=N–C) groups is 1. The van der Waals surface area contributed by atoms with Gasteiger partial charge in [-0.1, -0.05) is 53.7 Å². The molecule has 1 aromatic heterocycles. The average molecular weight is 404 g/mol. The summed E-state index contributed by atoms with van der Waals surface area (Å²) in [5.41, 5.74) is 2.27. The smallest absolute Gasteiger partial charge is 0.197 e. The van der Waals surface area contributed by atoms with Crippen molar-refractivity contribution in [2.75, 3.05) is 0 Å². The monoisotopic (exact) mass is 403 g/mol. The fourth-order valence-electron chi connectivity index (χ4n) is 2.54. The van der Waals surface area contributed by atoms with E-state index in [9.17, 15) is 0 Å². The SMILES string of the molecule is C/C=C(/C)N/C(C)=N/c1ncc(Sc2ccc(C)cc2)cc1Oc1ccccc1. The minimum absolute atomic E-state index is 0.538. The van der Waals surface area contributed by atoms with E-state index in [1.165, 1.54) is 5.56 Å². The maximum atomic E-state index is 6.11. The number of para-hydroxylation sites is 1. The van der Waals surface area contributed by atoms with Crippen LogP contribution in [0.15, 0.2) is 93.4 Å². The lowest BCUT2D eigenvalue weighted by Gasteiger charge is -2.11. The Hall–Kier alpha value is -3.05. The van der Waals surface area contributed by atoms with E-state index in [1.54, 1.807) is 11.8 Å². The van der Waals surface area contributed by atoms with Crippen LogP contribution in [-0.2, 0) is 0 Å². The maximum Gasteiger partial charge on any atom is 0.197 e. The lowest BCUT2D eigenvalue weighted by molar-refractivity contribution is 0.480. The minimum Gasteiger partial charge on any atom is -0.453 e. The molecule has 0 aliphatic carbocycles. The van der Waals surface area contributed by atoms with E-state index in [4.69, 9.17) is 4.74 Å². The first-order valence-electron chi connectivity index (χ1n) is 9.46. The Bertz CT molecular complexity index is 1010. The van der Waals surface area contributed by atoms with E-state index in [-0.39, 0.29) is 0 Å². The van der Waals surface area contributed by atoms with Gasteiger partial charge in [0.05, 0.1) is 0 Å². The van der Waals surface area contributed by atoms with Gasteiger partial charge in [0.1, 0.15) is 11.6 Å². The summed E-state index contributed by atoms with van der Waals surface area (Å²) < 4.78 is 6.11. The predicted molar refractivity (Wildman–Crippen MR) is 121 cm³/mol. The lowest BCUT2D eigenvalue weighted by atomic mass is 10.2. The molecule has 29 heavy (non-hydrogen) atoms. The standard InChI is InChI=1S/C24H25N3OS/c1-5-18(3)26-19(4)27-24-23(28-20-9-7-6-8-10-20)15-22(16-25-24)29-21-13-11-17(2)12-14-21/h5-16H,1-4H3,(H,25,26,27)/b18-5-. The Morgan fingerprint density at radius 1 is 1.03 bits per heavy atom. The van der Waals surface area contributed by atoms with Crippen molar-refractivity contribution >= 4 is 23.4 Å². The molecule has 5 heteroatoms. The summed E-state index contributed by atoms with van der Waals surface area (Å²) in [7, 11) is 0. The first-order chi connectivity index (χ1) is 14.0. The molecule has 1 N–H and O–H groups in total. The van der Waals surface area contributed by atoms with Crippen LogP contribution >= 0.6 is 11.8 Å². The van der Waals surface area contributed by atoms with Crippen LogP contribution in [-0.4, -0.2) is 10.8 Å². The third-order valence-electron chi connectivity index (χ3n) is 4.12.